The summed E-state index contributed by atoms with van der Waals surface area (Å²) in [6.07, 6.45) is -9.56. The molecule has 0 fully saturated rings. The third-order valence-corrected chi connectivity index (χ3v) is 7.21. The first-order chi connectivity index (χ1) is 19.4. The summed E-state index contributed by atoms with van der Waals surface area (Å²) >= 11 is 6.36. The van der Waals surface area contributed by atoms with E-state index >= 15 is 0 Å². The predicted octanol–water partition coefficient (Wildman–Crippen LogP) is 8.58. The maximum Gasteiger partial charge on any atom is 0.416 e. The highest BCUT2D eigenvalue weighted by atomic mass is 35.5. The Morgan fingerprint density at radius 3 is 2.31 bits per heavy atom. The lowest BCUT2D eigenvalue weighted by atomic mass is 9.88. The minimum absolute atomic E-state index is 0.0176. The minimum atomic E-state index is -4.87. The highest BCUT2D eigenvalue weighted by Gasteiger charge is 2.42. The summed E-state index contributed by atoms with van der Waals surface area (Å²) < 4.78 is 110. The summed E-state index contributed by atoms with van der Waals surface area (Å²) in [6, 6.07) is 5.64. The number of hydrogen-bond acceptors (Lipinski definition) is 4. The van der Waals surface area contributed by atoms with Gasteiger partial charge >= 0.3 is 12.4 Å². The van der Waals surface area contributed by atoms with E-state index in [4.69, 9.17) is 17.3 Å². The van der Waals surface area contributed by atoms with Gasteiger partial charge in [-0.1, -0.05) is 24.8 Å². The summed E-state index contributed by atoms with van der Waals surface area (Å²) in [4.78, 5) is 3.84. The monoisotopic (exact) mass is 614 g/mol. The van der Waals surface area contributed by atoms with Crippen molar-refractivity contribution in [3.05, 3.63) is 106 Å². The normalized spacial score (nSPS) is 16.2. The Labute approximate surface area is 240 Å². The van der Waals surface area contributed by atoms with Crippen LogP contribution in [0.25, 0.3) is 11.4 Å². The van der Waals surface area contributed by atoms with Gasteiger partial charge in [-0.3, -0.25) is 4.99 Å². The summed E-state index contributed by atoms with van der Waals surface area (Å²) in [5.74, 6) is -3.89. The average molecular weight is 615 g/mol. The number of hydrogen-bond donors (Lipinski definition) is 3. The van der Waals surface area contributed by atoms with Crippen LogP contribution in [0.3, 0.4) is 0 Å². The zero-order valence-corrected chi connectivity index (χ0v) is 22.8. The van der Waals surface area contributed by atoms with E-state index in [0.717, 1.165) is 32.2 Å². The van der Waals surface area contributed by atoms with Gasteiger partial charge in [-0.25, -0.2) is 8.78 Å². The molecule has 0 spiro atoms. The number of rotatable bonds is 6. The van der Waals surface area contributed by atoms with E-state index in [-0.39, 0.29) is 55.6 Å². The Morgan fingerprint density at radius 1 is 1.05 bits per heavy atom. The van der Waals surface area contributed by atoms with Gasteiger partial charge in [0.15, 0.2) is 0 Å². The van der Waals surface area contributed by atoms with Crippen molar-refractivity contribution in [2.75, 3.05) is 18.1 Å². The number of nitrogen functional groups attached to an aromatic ring is 1. The first kappa shape index (κ1) is 30.9. The van der Waals surface area contributed by atoms with Crippen LogP contribution in [0.4, 0.5) is 46.5 Å². The molecular formula is C29H23ClF8N4. The molecule has 0 aromatic heterocycles. The van der Waals surface area contributed by atoms with Crippen molar-refractivity contribution < 1.29 is 35.1 Å². The molecule has 13 heteroatoms. The molecule has 4 rings (SSSR count). The number of alkyl halides is 6. The summed E-state index contributed by atoms with van der Waals surface area (Å²) in [6.45, 7) is 8.55. The van der Waals surface area contributed by atoms with E-state index in [1.54, 1.807) is 0 Å². The topological polar surface area (TPSA) is 62.4 Å². The molecule has 0 saturated carbocycles. The van der Waals surface area contributed by atoms with E-state index in [1.165, 1.54) is 12.1 Å². The van der Waals surface area contributed by atoms with Crippen LogP contribution in [-0.4, -0.2) is 18.9 Å². The zero-order valence-electron chi connectivity index (χ0n) is 22.0. The maximum atomic E-state index is 14.3. The third kappa shape index (κ3) is 5.80. The van der Waals surface area contributed by atoms with Crippen LogP contribution >= 0.6 is 11.6 Å². The molecule has 222 valence electrons. The number of halogens is 9. The van der Waals surface area contributed by atoms with Crippen LogP contribution in [0.5, 0.6) is 0 Å². The highest BCUT2D eigenvalue weighted by Crippen LogP contribution is 2.48. The number of nitrogens with two attached hydrogens (primary N) is 1. The van der Waals surface area contributed by atoms with Gasteiger partial charge in [0, 0.05) is 57.0 Å². The van der Waals surface area contributed by atoms with Crippen molar-refractivity contribution in [1.29, 1.82) is 0 Å². The number of anilines is 2. The molecule has 0 radical (unpaired) electrons. The molecule has 3 aromatic rings. The van der Waals surface area contributed by atoms with E-state index in [0.29, 0.717) is 12.1 Å². The molecule has 1 heterocycles. The Hall–Kier alpha value is -4.06. The number of aliphatic imine (C=N–C) groups is 1. The van der Waals surface area contributed by atoms with E-state index in [9.17, 15) is 35.1 Å². The second-order valence-corrected chi connectivity index (χ2v) is 10.0. The Kier molecular flexibility index (Phi) is 8.07. The van der Waals surface area contributed by atoms with Crippen LogP contribution in [0.15, 0.2) is 60.6 Å². The van der Waals surface area contributed by atoms with Crippen LogP contribution in [0, 0.1) is 17.6 Å². The molecule has 0 amide bonds. The molecule has 1 aliphatic heterocycles. The quantitative estimate of drug-likeness (QED) is 0.148. The lowest BCUT2D eigenvalue weighted by Crippen LogP contribution is -2.29. The highest BCUT2D eigenvalue weighted by molar-refractivity contribution is 6.31. The molecule has 0 saturated heterocycles. The van der Waals surface area contributed by atoms with Crippen LogP contribution in [-0.2, 0) is 6.18 Å². The van der Waals surface area contributed by atoms with Crippen LogP contribution in [0.2, 0.25) is 5.02 Å². The Morgan fingerprint density at radius 2 is 1.71 bits per heavy atom. The van der Waals surface area contributed by atoms with Gasteiger partial charge in [-0.15, -0.1) is 0 Å². The molecule has 2 unspecified atom stereocenters. The molecule has 0 aliphatic carbocycles. The standard InChI is InChI=1S/C29H23ClF8N4/c1-12(28(33,34)35)26(40-4)20-11-22(41-13(2)15-7-16(29(36,37)38)9-18(32)8-15)24-23(25(20)39)14(3)42-27(24)19-10-17(31)5-6-21(19)30/h5-12,27,41-42H,2-3,39H2,1,4H3. The van der Waals surface area contributed by atoms with Gasteiger partial charge in [0.2, 0.25) is 0 Å². The predicted molar refractivity (Wildman–Crippen MR) is 148 cm³/mol. The Balaban J connectivity index is 1.96. The minimum Gasteiger partial charge on any atom is -0.398 e. The SMILES string of the molecule is C=C(Nc1cc(C(=NC)C(C)C(F)(F)F)c(N)c2c1C(c1cc(F)ccc1Cl)NC2=C)c1cc(F)cc(C(F)(F)F)c1. The number of fused-ring (bicyclic) bond motifs is 1. The third-order valence-electron chi connectivity index (χ3n) is 6.86. The summed E-state index contributed by atoms with van der Waals surface area (Å²) in [5.41, 5.74) is 4.72. The van der Waals surface area contributed by atoms with Gasteiger partial charge < -0.3 is 16.4 Å². The molecule has 4 nitrogen and oxygen atoms in total. The van der Waals surface area contributed by atoms with Crippen molar-refractivity contribution in [1.82, 2.24) is 5.32 Å². The number of nitrogens with zero attached hydrogens (tertiary/aromatic N) is 1. The van der Waals surface area contributed by atoms with Gasteiger partial charge in [0.1, 0.15) is 11.6 Å². The molecular weight excluding hydrogens is 592 g/mol. The fourth-order valence-electron chi connectivity index (χ4n) is 4.81. The van der Waals surface area contributed by atoms with Crippen molar-refractivity contribution in [2.24, 2.45) is 10.9 Å². The fourth-order valence-corrected chi connectivity index (χ4v) is 5.03. The Bertz CT molecular complexity index is 1630. The van der Waals surface area contributed by atoms with E-state index in [1.807, 2.05) is 0 Å². The molecule has 3 aromatic carbocycles. The molecule has 2 atom stereocenters. The molecule has 42 heavy (non-hydrogen) atoms. The average Bonchev–Trinajstić information content (AvgIpc) is 3.24. The fraction of sp³-hybridized carbons (Fsp3) is 0.207. The lowest BCUT2D eigenvalue weighted by Gasteiger charge is -2.24. The molecule has 0 bridgehead atoms. The largest absolute Gasteiger partial charge is 0.416 e. The summed E-state index contributed by atoms with van der Waals surface area (Å²) in [7, 11) is 1.16. The van der Waals surface area contributed by atoms with Gasteiger partial charge in [-0.05, 0) is 49.4 Å². The van der Waals surface area contributed by atoms with Crippen molar-refractivity contribution >= 4 is 40.1 Å². The molecule has 4 N–H and O–H groups in total. The smallest absolute Gasteiger partial charge is 0.398 e. The van der Waals surface area contributed by atoms with E-state index in [2.05, 4.69) is 28.8 Å². The van der Waals surface area contributed by atoms with Crippen molar-refractivity contribution in [3.8, 4) is 0 Å². The number of nitrogens with one attached hydrogen (secondary N) is 2. The first-order valence-electron chi connectivity index (χ1n) is 12.2. The van der Waals surface area contributed by atoms with Gasteiger partial charge in [-0.2, -0.15) is 26.3 Å². The van der Waals surface area contributed by atoms with Crippen molar-refractivity contribution in [3.63, 3.8) is 0 Å². The zero-order chi connectivity index (χ0) is 31.3. The second kappa shape index (κ2) is 11.0. The van der Waals surface area contributed by atoms with E-state index < -0.39 is 47.2 Å². The molecule has 1 aliphatic rings. The van der Waals surface area contributed by atoms with Crippen LogP contribution < -0.4 is 16.4 Å². The first-order valence-corrected chi connectivity index (χ1v) is 12.6. The number of benzene rings is 3. The lowest BCUT2D eigenvalue weighted by molar-refractivity contribution is -0.150. The van der Waals surface area contributed by atoms with Gasteiger partial charge in [0.25, 0.3) is 0 Å². The van der Waals surface area contributed by atoms with Crippen molar-refractivity contribution in [2.45, 2.75) is 25.3 Å². The van der Waals surface area contributed by atoms with Crippen LogP contribution in [0.1, 0.15) is 46.3 Å². The van der Waals surface area contributed by atoms with Gasteiger partial charge in [0.05, 0.1) is 28.9 Å². The second-order valence-electron chi connectivity index (χ2n) is 9.60. The summed E-state index contributed by atoms with van der Waals surface area (Å²) in [5, 5.41) is 5.95. The maximum absolute atomic E-state index is 14.3.